The molecule has 0 spiro atoms. The monoisotopic (exact) mass is 355 g/mol. The van der Waals surface area contributed by atoms with E-state index in [1.165, 1.54) is 7.11 Å². The van der Waals surface area contributed by atoms with Gasteiger partial charge in [-0.15, -0.1) is 0 Å². The molecular weight excluding hydrogens is 334 g/mol. The van der Waals surface area contributed by atoms with Gasteiger partial charge in [-0.3, -0.25) is 0 Å². The minimum Gasteiger partial charge on any atom is -0.493 e. The van der Waals surface area contributed by atoms with Gasteiger partial charge in [0.1, 0.15) is 0 Å². The van der Waals surface area contributed by atoms with E-state index in [1.54, 1.807) is 39.2 Å². The minimum atomic E-state index is -3.37. The standard InChI is InChI=1S/C15H21N3O5S/c1-5-8-24(19,20)18-10(2)15-16-14(17-23-15)11-6-7-12(21-3)13(9-11)22-4/h6-7,9-10,18H,5,8H2,1-4H3/t10-/m1/s1. The van der Waals surface area contributed by atoms with Gasteiger partial charge in [-0.2, -0.15) is 4.98 Å². The van der Waals surface area contributed by atoms with E-state index in [9.17, 15) is 8.42 Å². The molecule has 0 amide bonds. The van der Waals surface area contributed by atoms with Crippen molar-refractivity contribution in [3.63, 3.8) is 0 Å². The van der Waals surface area contributed by atoms with Crippen LogP contribution in [0.4, 0.5) is 0 Å². The number of hydrogen-bond acceptors (Lipinski definition) is 7. The van der Waals surface area contributed by atoms with Crippen molar-refractivity contribution in [2.75, 3.05) is 20.0 Å². The summed E-state index contributed by atoms with van der Waals surface area (Å²) >= 11 is 0. The highest BCUT2D eigenvalue weighted by Gasteiger charge is 2.21. The van der Waals surface area contributed by atoms with Crippen LogP contribution in [0.2, 0.25) is 0 Å². The summed E-state index contributed by atoms with van der Waals surface area (Å²) in [6.45, 7) is 3.45. The molecule has 9 heteroatoms. The van der Waals surface area contributed by atoms with Crippen molar-refractivity contribution < 1.29 is 22.4 Å². The fourth-order valence-corrected chi connectivity index (χ4v) is 3.45. The predicted octanol–water partition coefficient (Wildman–Crippen LogP) is 2.14. The Hall–Kier alpha value is -2.13. The summed E-state index contributed by atoms with van der Waals surface area (Å²) < 4.78 is 41.7. The second-order valence-corrected chi connectivity index (χ2v) is 7.06. The van der Waals surface area contributed by atoms with Crippen molar-refractivity contribution in [3.05, 3.63) is 24.1 Å². The van der Waals surface area contributed by atoms with Gasteiger partial charge < -0.3 is 14.0 Å². The van der Waals surface area contributed by atoms with Crippen LogP contribution in [0.1, 0.15) is 32.2 Å². The second-order valence-electron chi connectivity index (χ2n) is 5.18. The maximum absolute atomic E-state index is 11.8. The summed E-state index contributed by atoms with van der Waals surface area (Å²) in [5.41, 5.74) is 0.672. The SMILES string of the molecule is CCCS(=O)(=O)N[C@H](C)c1nc(-c2ccc(OC)c(OC)c2)no1. The van der Waals surface area contributed by atoms with Gasteiger partial charge in [0.15, 0.2) is 11.5 Å². The first kappa shape index (κ1) is 18.2. The number of rotatable bonds is 8. The first-order chi connectivity index (χ1) is 11.4. The first-order valence-electron chi connectivity index (χ1n) is 7.46. The molecule has 0 bridgehead atoms. The van der Waals surface area contributed by atoms with Crippen LogP contribution in [0.3, 0.4) is 0 Å². The van der Waals surface area contributed by atoms with Gasteiger partial charge in [0.05, 0.1) is 26.0 Å². The van der Waals surface area contributed by atoms with Crippen molar-refractivity contribution in [2.45, 2.75) is 26.3 Å². The molecule has 132 valence electrons. The van der Waals surface area contributed by atoms with E-state index in [0.717, 1.165) is 0 Å². The molecule has 0 aliphatic carbocycles. The molecule has 0 unspecified atom stereocenters. The van der Waals surface area contributed by atoms with Crippen molar-refractivity contribution in [3.8, 4) is 22.9 Å². The molecule has 0 radical (unpaired) electrons. The number of benzene rings is 1. The van der Waals surface area contributed by atoms with Crippen molar-refractivity contribution >= 4 is 10.0 Å². The van der Waals surface area contributed by atoms with Crippen molar-refractivity contribution in [2.24, 2.45) is 0 Å². The number of methoxy groups -OCH3 is 2. The van der Waals surface area contributed by atoms with Crippen LogP contribution in [0.5, 0.6) is 11.5 Å². The Kier molecular flexibility index (Phi) is 5.79. The van der Waals surface area contributed by atoms with Crippen molar-refractivity contribution in [1.29, 1.82) is 0 Å². The molecule has 24 heavy (non-hydrogen) atoms. The lowest BCUT2D eigenvalue weighted by molar-refractivity contribution is 0.353. The molecule has 0 saturated heterocycles. The van der Waals surface area contributed by atoms with E-state index < -0.39 is 16.1 Å². The lowest BCUT2D eigenvalue weighted by Crippen LogP contribution is -2.29. The molecule has 1 aromatic heterocycles. The van der Waals surface area contributed by atoms with Crippen LogP contribution in [0.25, 0.3) is 11.4 Å². The number of ether oxygens (including phenoxy) is 2. The summed E-state index contributed by atoms with van der Waals surface area (Å²) in [6, 6.07) is 4.61. The van der Waals surface area contributed by atoms with Crippen LogP contribution in [-0.4, -0.2) is 38.5 Å². The van der Waals surface area contributed by atoms with Gasteiger partial charge in [-0.05, 0) is 31.5 Å². The summed E-state index contributed by atoms with van der Waals surface area (Å²) in [7, 11) is -0.283. The van der Waals surface area contributed by atoms with Crippen LogP contribution < -0.4 is 14.2 Å². The van der Waals surface area contributed by atoms with Gasteiger partial charge in [-0.25, -0.2) is 13.1 Å². The number of nitrogens with zero attached hydrogens (tertiary/aromatic N) is 2. The Morgan fingerprint density at radius 2 is 1.96 bits per heavy atom. The highest BCUT2D eigenvalue weighted by atomic mass is 32.2. The van der Waals surface area contributed by atoms with E-state index in [-0.39, 0.29) is 11.6 Å². The Bertz CT molecular complexity index is 788. The third kappa shape index (κ3) is 4.24. The Morgan fingerprint density at radius 3 is 2.58 bits per heavy atom. The minimum absolute atomic E-state index is 0.0496. The largest absolute Gasteiger partial charge is 0.493 e. The summed E-state index contributed by atoms with van der Waals surface area (Å²) in [4.78, 5) is 4.25. The molecule has 0 aliphatic rings. The summed E-state index contributed by atoms with van der Waals surface area (Å²) in [5, 5.41) is 3.90. The van der Waals surface area contributed by atoms with Gasteiger partial charge in [0, 0.05) is 5.56 Å². The average molecular weight is 355 g/mol. The molecule has 1 aromatic carbocycles. The molecule has 0 aliphatic heterocycles. The zero-order chi connectivity index (χ0) is 17.7. The molecule has 1 heterocycles. The number of aromatic nitrogens is 2. The lowest BCUT2D eigenvalue weighted by Gasteiger charge is -2.09. The molecule has 1 N–H and O–H groups in total. The van der Waals surface area contributed by atoms with Gasteiger partial charge in [-0.1, -0.05) is 12.1 Å². The number of hydrogen-bond donors (Lipinski definition) is 1. The molecule has 2 rings (SSSR count). The number of nitrogens with one attached hydrogen (secondary N) is 1. The Morgan fingerprint density at radius 1 is 1.25 bits per heavy atom. The molecule has 0 saturated carbocycles. The zero-order valence-corrected chi connectivity index (χ0v) is 14.9. The van der Waals surface area contributed by atoms with Crippen LogP contribution in [0, 0.1) is 0 Å². The fourth-order valence-electron chi connectivity index (χ4n) is 2.15. The smallest absolute Gasteiger partial charge is 0.244 e. The summed E-state index contributed by atoms with van der Waals surface area (Å²) in [6.07, 6.45) is 0.531. The highest BCUT2D eigenvalue weighted by Crippen LogP contribution is 2.31. The molecular formula is C15H21N3O5S. The van der Waals surface area contributed by atoms with Crippen LogP contribution in [-0.2, 0) is 10.0 Å². The van der Waals surface area contributed by atoms with Crippen LogP contribution in [0.15, 0.2) is 22.7 Å². The molecule has 2 aromatic rings. The topological polar surface area (TPSA) is 104 Å². The van der Waals surface area contributed by atoms with E-state index >= 15 is 0 Å². The lowest BCUT2D eigenvalue weighted by atomic mass is 10.2. The van der Waals surface area contributed by atoms with Gasteiger partial charge in [0.25, 0.3) is 0 Å². The normalized spacial score (nSPS) is 12.8. The zero-order valence-electron chi connectivity index (χ0n) is 14.1. The van der Waals surface area contributed by atoms with Crippen LogP contribution >= 0.6 is 0 Å². The van der Waals surface area contributed by atoms with Gasteiger partial charge >= 0.3 is 0 Å². The quantitative estimate of drug-likeness (QED) is 0.773. The second kappa shape index (κ2) is 7.63. The fraction of sp³-hybridized carbons (Fsp3) is 0.467. The van der Waals surface area contributed by atoms with E-state index in [2.05, 4.69) is 14.9 Å². The molecule has 1 atom stereocenters. The van der Waals surface area contributed by atoms with Gasteiger partial charge in [0.2, 0.25) is 21.7 Å². The number of sulfonamides is 1. The third-order valence-electron chi connectivity index (χ3n) is 3.28. The maximum Gasteiger partial charge on any atom is 0.244 e. The highest BCUT2D eigenvalue weighted by molar-refractivity contribution is 7.89. The average Bonchev–Trinajstić information content (AvgIpc) is 3.03. The van der Waals surface area contributed by atoms with E-state index in [0.29, 0.717) is 29.3 Å². The Balaban J connectivity index is 2.21. The maximum atomic E-state index is 11.8. The predicted molar refractivity (Wildman–Crippen MR) is 88.5 cm³/mol. The van der Waals surface area contributed by atoms with E-state index in [1.807, 2.05) is 0 Å². The third-order valence-corrected chi connectivity index (χ3v) is 4.94. The van der Waals surface area contributed by atoms with E-state index in [4.69, 9.17) is 14.0 Å². The summed E-state index contributed by atoms with van der Waals surface area (Å²) in [5.74, 6) is 1.71. The molecule has 0 fully saturated rings. The molecule has 8 nitrogen and oxygen atoms in total. The first-order valence-corrected chi connectivity index (χ1v) is 9.11. The van der Waals surface area contributed by atoms with Crippen molar-refractivity contribution in [1.82, 2.24) is 14.9 Å². The Labute approximate surface area is 141 Å².